The van der Waals surface area contributed by atoms with Crippen molar-refractivity contribution in [3.05, 3.63) is 108 Å². The average Bonchev–Trinajstić information content (AvgIpc) is 3.47. The molecule has 282 valence electrons. The summed E-state index contributed by atoms with van der Waals surface area (Å²) in [6.07, 6.45) is 1.43. The van der Waals surface area contributed by atoms with Crippen LogP contribution in [0.3, 0.4) is 0 Å². The zero-order chi connectivity index (χ0) is 38.2. The van der Waals surface area contributed by atoms with Crippen LogP contribution in [0.25, 0.3) is 0 Å². The maximum Gasteiger partial charge on any atom is 0.481 e. The standard InChI is InChI=1S/C43H56BN3O6/c1-28(2)24-36(44-52-35-26-32-25-34(41(32,6)7)42(35,8)53-44)46-38(49)33(45-39(50)51-40(3,4)5)27-37(48)47-43(29-18-12-9-13-19-29,30-20-14-10-15-21-30)31-22-16-11-17-23-31/h9-23,28,32-36H,24-27H2,1-8H3,(H,45,50)(H,46,49)(H,47,48)/t32-,33-,34-,35+,36-,42-/m0/s1. The monoisotopic (exact) mass is 721 g/mol. The van der Waals surface area contributed by atoms with E-state index in [-0.39, 0.29) is 23.9 Å². The van der Waals surface area contributed by atoms with E-state index < -0.39 is 53.8 Å². The maximum absolute atomic E-state index is 14.5. The van der Waals surface area contributed by atoms with Crippen molar-refractivity contribution in [1.29, 1.82) is 0 Å². The van der Waals surface area contributed by atoms with E-state index in [2.05, 4.69) is 50.6 Å². The minimum Gasteiger partial charge on any atom is -0.444 e. The van der Waals surface area contributed by atoms with Crippen molar-refractivity contribution in [3.8, 4) is 0 Å². The second-order valence-electron chi connectivity index (χ2n) is 17.4. The fourth-order valence-electron chi connectivity index (χ4n) is 8.99. The van der Waals surface area contributed by atoms with Crippen molar-refractivity contribution in [2.24, 2.45) is 23.2 Å². The van der Waals surface area contributed by atoms with Crippen LogP contribution in [0.15, 0.2) is 91.0 Å². The first-order valence-corrected chi connectivity index (χ1v) is 19.1. The predicted octanol–water partition coefficient (Wildman–Crippen LogP) is 7.18. The van der Waals surface area contributed by atoms with Gasteiger partial charge in [-0.15, -0.1) is 0 Å². The second-order valence-corrected chi connectivity index (χ2v) is 17.4. The number of benzene rings is 3. The van der Waals surface area contributed by atoms with Gasteiger partial charge in [0, 0.05) is 0 Å². The molecule has 6 atom stereocenters. The highest BCUT2D eigenvalue weighted by molar-refractivity contribution is 6.48. The van der Waals surface area contributed by atoms with Gasteiger partial charge in [-0.25, -0.2) is 4.79 Å². The summed E-state index contributed by atoms with van der Waals surface area (Å²) in [5.74, 6) is -0.305. The van der Waals surface area contributed by atoms with E-state index in [1.54, 1.807) is 20.8 Å². The molecule has 1 heterocycles. The molecule has 9 nitrogen and oxygen atoms in total. The largest absolute Gasteiger partial charge is 0.481 e. The summed E-state index contributed by atoms with van der Waals surface area (Å²) in [4.78, 5) is 42.1. The lowest BCUT2D eigenvalue weighted by Gasteiger charge is -2.64. The van der Waals surface area contributed by atoms with E-state index in [9.17, 15) is 14.4 Å². The van der Waals surface area contributed by atoms with Crippen molar-refractivity contribution in [1.82, 2.24) is 16.0 Å². The van der Waals surface area contributed by atoms with Gasteiger partial charge < -0.3 is 30.0 Å². The van der Waals surface area contributed by atoms with Crippen LogP contribution in [-0.4, -0.2) is 54.3 Å². The molecule has 2 bridgehead atoms. The van der Waals surface area contributed by atoms with E-state index in [0.29, 0.717) is 18.3 Å². The van der Waals surface area contributed by atoms with E-state index in [4.69, 9.17) is 14.0 Å². The Bertz CT molecular complexity index is 1650. The fourth-order valence-corrected chi connectivity index (χ4v) is 8.99. The Morgan fingerprint density at radius 2 is 1.36 bits per heavy atom. The number of amides is 3. The van der Waals surface area contributed by atoms with Gasteiger partial charge in [-0.3, -0.25) is 9.59 Å². The van der Waals surface area contributed by atoms with Gasteiger partial charge >= 0.3 is 13.2 Å². The highest BCUT2D eigenvalue weighted by atomic mass is 16.7. The molecule has 10 heteroatoms. The third-order valence-corrected chi connectivity index (χ3v) is 11.7. The molecule has 0 unspecified atom stereocenters. The molecular formula is C43H56BN3O6. The Kier molecular flexibility index (Phi) is 10.9. The van der Waals surface area contributed by atoms with E-state index >= 15 is 0 Å². The highest BCUT2D eigenvalue weighted by Crippen LogP contribution is 2.65. The summed E-state index contributed by atoms with van der Waals surface area (Å²) >= 11 is 0. The number of carbonyl (C=O) groups is 3. The minimum atomic E-state index is -1.26. The number of hydrogen-bond donors (Lipinski definition) is 3. The number of carbonyl (C=O) groups excluding carboxylic acids is 3. The van der Waals surface area contributed by atoms with Crippen LogP contribution < -0.4 is 16.0 Å². The van der Waals surface area contributed by atoms with Crippen LogP contribution in [0.1, 0.15) is 97.8 Å². The molecule has 3 saturated carbocycles. The molecular weight excluding hydrogens is 665 g/mol. The van der Waals surface area contributed by atoms with Crippen molar-refractivity contribution < 1.29 is 28.4 Å². The van der Waals surface area contributed by atoms with E-state index in [1.165, 1.54) is 0 Å². The first-order chi connectivity index (χ1) is 25.0. The molecule has 3 amide bonds. The molecule has 1 saturated heterocycles. The third-order valence-electron chi connectivity index (χ3n) is 11.7. The molecule has 0 radical (unpaired) electrons. The van der Waals surface area contributed by atoms with Crippen LogP contribution in [0, 0.1) is 23.2 Å². The number of hydrogen-bond acceptors (Lipinski definition) is 6. The molecule has 4 fully saturated rings. The van der Waals surface area contributed by atoms with Crippen molar-refractivity contribution in [2.75, 3.05) is 0 Å². The Morgan fingerprint density at radius 1 is 0.830 bits per heavy atom. The molecule has 3 aromatic carbocycles. The van der Waals surface area contributed by atoms with Crippen LogP contribution >= 0.6 is 0 Å². The normalized spacial score (nSPS) is 24.3. The first-order valence-electron chi connectivity index (χ1n) is 19.1. The molecule has 3 aliphatic carbocycles. The smallest absolute Gasteiger partial charge is 0.444 e. The van der Waals surface area contributed by atoms with E-state index in [0.717, 1.165) is 29.5 Å². The molecule has 0 aromatic heterocycles. The van der Waals surface area contributed by atoms with Gasteiger partial charge in [0.15, 0.2) is 0 Å². The van der Waals surface area contributed by atoms with Gasteiger partial charge in [0.25, 0.3) is 0 Å². The molecule has 1 aliphatic heterocycles. The van der Waals surface area contributed by atoms with E-state index in [1.807, 2.05) is 91.0 Å². The van der Waals surface area contributed by atoms with Gasteiger partial charge in [0.1, 0.15) is 17.2 Å². The molecule has 0 spiro atoms. The summed E-state index contributed by atoms with van der Waals surface area (Å²) in [6, 6.07) is 28.0. The lowest BCUT2D eigenvalue weighted by atomic mass is 9.43. The quantitative estimate of drug-likeness (QED) is 0.135. The lowest BCUT2D eigenvalue weighted by Crippen LogP contribution is -2.65. The number of ether oxygens (including phenoxy) is 1. The van der Waals surface area contributed by atoms with Crippen LogP contribution in [0.4, 0.5) is 4.79 Å². The van der Waals surface area contributed by atoms with Crippen molar-refractivity contribution >= 4 is 25.0 Å². The zero-order valence-corrected chi connectivity index (χ0v) is 32.5. The Morgan fingerprint density at radius 3 is 1.83 bits per heavy atom. The summed E-state index contributed by atoms with van der Waals surface area (Å²) in [7, 11) is -0.663. The van der Waals surface area contributed by atoms with Crippen LogP contribution in [0.2, 0.25) is 0 Å². The summed E-state index contributed by atoms with van der Waals surface area (Å²) in [6.45, 7) is 16.2. The molecule has 3 aromatic rings. The molecule has 7 rings (SSSR count). The van der Waals surface area contributed by atoms with Crippen molar-refractivity contribution in [2.45, 2.75) is 116 Å². The topological polar surface area (TPSA) is 115 Å². The van der Waals surface area contributed by atoms with Crippen molar-refractivity contribution in [3.63, 3.8) is 0 Å². The fraction of sp³-hybridized carbons (Fsp3) is 0.512. The second kappa shape index (κ2) is 14.9. The Labute approximate surface area is 315 Å². The van der Waals surface area contributed by atoms with Gasteiger partial charge in [-0.1, -0.05) is 119 Å². The van der Waals surface area contributed by atoms with Gasteiger partial charge in [-0.2, -0.15) is 0 Å². The number of nitrogens with one attached hydrogen (secondary N) is 3. The van der Waals surface area contributed by atoms with Gasteiger partial charge in [-0.05, 0) is 86.8 Å². The summed E-state index contributed by atoms with van der Waals surface area (Å²) in [5, 5.41) is 9.21. The molecule has 4 aliphatic rings. The minimum absolute atomic E-state index is 0.0561. The molecule has 53 heavy (non-hydrogen) atoms. The number of alkyl carbamates (subject to hydrolysis) is 1. The summed E-state index contributed by atoms with van der Waals surface area (Å²) < 4.78 is 19.0. The zero-order valence-electron chi connectivity index (χ0n) is 32.5. The molecule has 3 N–H and O–H groups in total. The van der Waals surface area contributed by atoms with Crippen LogP contribution in [0.5, 0.6) is 0 Å². The predicted molar refractivity (Wildman–Crippen MR) is 207 cm³/mol. The van der Waals surface area contributed by atoms with Gasteiger partial charge in [0.2, 0.25) is 11.8 Å². The Hall–Kier alpha value is -4.15. The maximum atomic E-state index is 14.5. The Balaban J connectivity index is 1.29. The van der Waals surface area contributed by atoms with Crippen LogP contribution in [-0.2, 0) is 29.2 Å². The average molecular weight is 722 g/mol. The van der Waals surface area contributed by atoms with Gasteiger partial charge in [0.05, 0.1) is 24.1 Å². The summed E-state index contributed by atoms with van der Waals surface area (Å²) in [5.41, 5.74) is 0.334. The SMILES string of the molecule is CC(C)C[C@H](NC(=O)[C@H](CC(=O)NC(c1ccccc1)(c1ccccc1)c1ccccc1)NC(=O)OC(C)(C)C)B1O[C@@H]2C[C@@H]3C[C@@H](C3(C)C)[C@]2(C)O1. The third kappa shape index (κ3) is 7.90. The first kappa shape index (κ1) is 38.6. The lowest BCUT2D eigenvalue weighted by molar-refractivity contribution is -0.199. The number of rotatable bonds is 12. The highest BCUT2D eigenvalue weighted by Gasteiger charge is 2.68.